The second-order valence-electron chi connectivity index (χ2n) is 0.921. The van der Waals surface area contributed by atoms with Gasteiger partial charge in [0.25, 0.3) is 0 Å². The molecule has 42 valence electrons. The Morgan fingerprint density at radius 1 is 2.00 bits per heavy atom. The Morgan fingerprint density at radius 3 is 2.50 bits per heavy atom. The Hall–Kier alpha value is -1.57. The number of nitrogens with two attached hydrogens (primary N) is 1. The summed E-state index contributed by atoms with van der Waals surface area (Å²) in [5.74, 6) is 0. The third kappa shape index (κ3) is 1.26. The van der Waals surface area contributed by atoms with Crippen molar-refractivity contribution in [2.24, 2.45) is 5.73 Å². The molecule has 0 saturated heterocycles. The summed E-state index contributed by atoms with van der Waals surface area (Å²) in [6.07, 6.45) is 0.653. The monoisotopic (exact) mass is 113 g/mol. The van der Waals surface area contributed by atoms with Gasteiger partial charge in [-0.1, -0.05) is 0 Å². The molecule has 5 heteroatoms. The van der Waals surface area contributed by atoms with E-state index in [9.17, 15) is 10.1 Å². The topological polar surface area (TPSA) is 93.0 Å². The smallest absolute Gasteiger partial charge is 0.360 e. The minimum absolute atomic E-state index is 0.634. The van der Waals surface area contributed by atoms with Gasteiger partial charge in [-0.25, -0.2) is 0 Å². The van der Waals surface area contributed by atoms with Crippen LogP contribution < -0.4 is 5.73 Å². The Morgan fingerprint density at radius 2 is 2.50 bits per heavy atom. The number of rotatable bonds is 1. The van der Waals surface area contributed by atoms with Gasteiger partial charge >= 0.3 is 5.70 Å². The molecule has 0 aromatic carbocycles. The van der Waals surface area contributed by atoms with Crippen LogP contribution in [-0.2, 0) is 0 Å². The first-order valence-corrected chi connectivity index (χ1v) is 1.68. The zero-order valence-electron chi connectivity index (χ0n) is 3.87. The molecule has 0 atom stereocenters. The van der Waals surface area contributed by atoms with Gasteiger partial charge < -0.3 is 5.73 Å². The van der Waals surface area contributed by atoms with Gasteiger partial charge in [-0.05, 0) is 0 Å². The van der Waals surface area contributed by atoms with Gasteiger partial charge in [0, 0.05) is 0 Å². The van der Waals surface area contributed by atoms with E-state index in [1.54, 1.807) is 0 Å². The fourth-order valence-electron chi connectivity index (χ4n) is 0.139. The van der Waals surface area contributed by atoms with E-state index < -0.39 is 10.6 Å². The third-order valence-electron chi connectivity index (χ3n) is 0.469. The fourth-order valence-corrected chi connectivity index (χ4v) is 0.139. The van der Waals surface area contributed by atoms with E-state index in [1.807, 2.05) is 0 Å². The van der Waals surface area contributed by atoms with Gasteiger partial charge in [-0.2, -0.15) is 5.26 Å². The summed E-state index contributed by atoms with van der Waals surface area (Å²) in [7, 11) is 0. The van der Waals surface area contributed by atoms with Gasteiger partial charge in [0.2, 0.25) is 0 Å². The summed E-state index contributed by atoms with van der Waals surface area (Å²) < 4.78 is 0. The summed E-state index contributed by atoms with van der Waals surface area (Å²) in [5, 5.41) is 17.5. The highest BCUT2D eigenvalue weighted by molar-refractivity contribution is 5.09. The van der Waals surface area contributed by atoms with Crippen LogP contribution >= 0.6 is 0 Å². The molecular formula is C3H3N3O2. The van der Waals surface area contributed by atoms with E-state index in [1.165, 1.54) is 6.07 Å². The van der Waals surface area contributed by atoms with Crippen LogP contribution in [0.25, 0.3) is 0 Å². The van der Waals surface area contributed by atoms with Crippen LogP contribution in [-0.4, -0.2) is 4.92 Å². The third-order valence-corrected chi connectivity index (χ3v) is 0.469. The largest absolute Gasteiger partial charge is 0.398 e. The predicted molar refractivity (Wildman–Crippen MR) is 24.9 cm³/mol. The zero-order chi connectivity index (χ0) is 6.57. The maximum Gasteiger partial charge on any atom is 0.360 e. The lowest BCUT2D eigenvalue weighted by molar-refractivity contribution is -0.417. The van der Waals surface area contributed by atoms with Gasteiger partial charge in [0.05, 0.1) is 11.1 Å². The lowest BCUT2D eigenvalue weighted by Gasteiger charge is -1.78. The molecule has 0 aromatic heterocycles. The van der Waals surface area contributed by atoms with Crippen molar-refractivity contribution in [1.29, 1.82) is 5.26 Å². The molecule has 0 saturated carbocycles. The highest BCUT2D eigenvalue weighted by Crippen LogP contribution is 1.86. The van der Waals surface area contributed by atoms with Crippen molar-refractivity contribution < 1.29 is 4.92 Å². The molecule has 8 heavy (non-hydrogen) atoms. The van der Waals surface area contributed by atoms with Crippen LogP contribution in [0.4, 0.5) is 0 Å². The Kier molecular flexibility index (Phi) is 2.07. The minimum atomic E-state index is -0.847. The van der Waals surface area contributed by atoms with Crippen LogP contribution in [0.3, 0.4) is 0 Å². The Labute approximate surface area is 45.2 Å². The van der Waals surface area contributed by atoms with Crippen LogP contribution in [0.5, 0.6) is 0 Å². The van der Waals surface area contributed by atoms with E-state index in [4.69, 9.17) is 5.26 Å². The molecule has 0 heterocycles. The highest BCUT2D eigenvalue weighted by atomic mass is 16.6. The molecule has 0 aliphatic heterocycles. The molecular weight excluding hydrogens is 110 g/mol. The minimum Gasteiger partial charge on any atom is -0.398 e. The summed E-state index contributed by atoms with van der Waals surface area (Å²) >= 11 is 0. The van der Waals surface area contributed by atoms with Gasteiger partial charge in [-0.15, -0.1) is 0 Å². The molecule has 0 aliphatic rings. The molecule has 2 N–H and O–H groups in total. The molecule has 0 unspecified atom stereocenters. The predicted octanol–water partition coefficient (Wildman–Crippen LogP) is -0.413. The van der Waals surface area contributed by atoms with Crippen molar-refractivity contribution in [2.45, 2.75) is 0 Å². The fraction of sp³-hybridized carbons (Fsp3) is 0. The first-order valence-electron chi connectivity index (χ1n) is 1.68. The summed E-state index contributed by atoms with van der Waals surface area (Å²) in [6.45, 7) is 0. The van der Waals surface area contributed by atoms with E-state index in [-0.39, 0.29) is 0 Å². The molecule has 0 bridgehead atoms. The average molecular weight is 113 g/mol. The number of nitrogens with zero attached hydrogens (tertiary/aromatic N) is 2. The Balaban J connectivity index is 4.20. The number of allylic oxidation sites excluding steroid dienone is 1. The number of nitriles is 1. The SMILES string of the molecule is N#CC(=CN)[N+](=O)[O-]. The standard InChI is InChI=1S/C3H3N3O2/c4-1-3(2-5)6(7)8/h1H,4H2. The summed E-state index contributed by atoms with van der Waals surface area (Å²) in [4.78, 5) is 8.75. The van der Waals surface area contributed by atoms with Gasteiger partial charge in [0.15, 0.2) is 6.07 Å². The van der Waals surface area contributed by atoms with Crippen LogP contribution in [0, 0.1) is 21.4 Å². The van der Waals surface area contributed by atoms with E-state index >= 15 is 0 Å². The van der Waals surface area contributed by atoms with Crippen molar-refractivity contribution >= 4 is 0 Å². The Bertz CT molecular complexity index is 166. The van der Waals surface area contributed by atoms with Crippen molar-refractivity contribution in [2.75, 3.05) is 0 Å². The van der Waals surface area contributed by atoms with Crippen molar-refractivity contribution in [3.63, 3.8) is 0 Å². The van der Waals surface area contributed by atoms with Crippen LogP contribution in [0.1, 0.15) is 0 Å². The summed E-state index contributed by atoms with van der Waals surface area (Å²) in [6, 6.07) is 1.29. The molecule has 5 nitrogen and oxygen atoms in total. The number of hydrogen-bond donors (Lipinski definition) is 1. The first kappa shape index (κ1) is 6.43. The molecule has 0 fully saturated rings. The maximum atomic E-state index is 9.60. The van der Waals surface area contributed by atoms with Gasteiger partial charge in [-0.3, -0.25) is 10.1 Å². The zero-order valence-corrected chi connectivity index (χ0v) is 3.87. The highest BCUT2D eigenvalue weighted by Gasteiger charge is 2.04. The van der Waals surface area contributed by atoms with Crippen LogP contribution in [0.15, 0.2) is 11.9 Å². The van der Waals surface area contributed by atoms with E-state index in [0.29, 0.717) is 6.20 Å². The number of nitro groups is 1. The lowest BCUT2D eigenvalue weighted by Crippen LogP contribution is -1.98. The van der Waals surface area contributed by atoms with Crippen molar-refractivity contribution in [3.8, 4) is 6.07 Å². The quantitative estimate of drug-likeness (QED) is 0.284. The average Bonchev–Trinajstić information content (AvgIpc) is 1.69. The first-order chi connectivity index (χ1) is 3.72. The molecule has 0 spiro atoms. The second kappa shape index (κ2) is 2.58. The lowest BCUT2D eigenvalue weighted by atomic mass is 10.5. The van der Waals surface area contributed by atoms with E-state index in [2.05, 4.69) is 5.73 Å². The molecule has 0 aromatic rings. The molecule has 0 aliphatic carbocycles. The van der Waals surface area contributed by atoms with E-state index in [0.717, 1.165) is 0 Å². The normalized spacial score (nSPS) is 10.1. The van der Waals surface area contributed by atoms with Crippen molar-refractivity contribution in [3.05, 3.63) is 22.0 Å². The number of hydrogen-bond acceptors (Lipinski definition) is 4. The summed E-state index contributed by atoms with van der Waals surface area (Å²) in [5.41, 5.74) is 4.02. The molecule has 0 amide bonds. The molecule has 0 rings (SSSR count). The second-order valence-corrected chi connectivity index (χ2v) is 0.921. The van der Waals surface area contributed by atoms with Crippen molar-refractivity contribution in [1.82, 2.24) is 0 Å². The van der Waals surface area contributed by atoms with Gasteiger partial charge in [0.1, 0.15) is 0 Å². The molecule has 0 radical (unpaired) electrons. The van der Waals surface area contributed by atoms with Crippen LogP contribution in [0.2, 0.25) is 0 Å². The maximum absolute atomic E-state index is 9.60.